The van der Waals surface area contributed by atoms with Crippen molar-refractivity contribution in [2.45, 2.75) is 13.8 Å². The fourth-order valence-corrected chi connectivity index (χ4v) is 2.02. The first-order chi connectivity index (χ1) is 8.16. The van der Waals surface area contributed by atoms with E-state index in [0.29, 0.717) is 11.1 Å². The van der Waals surface area contributed by atoms with Gasteiger partial charge in [-0.05, 0) is 37.6 Å². The van der Waals surface area contributed by atoms with Gasteiger partial charge < -0.3 is 0 Å². The predicted molar refractivity (Wildman–Crippen MR) is 66.5 cm³/mol. The van der Waals surface area contributed by atoms with Gasteiger partial charge in [0, 0.05) is 5.56 Å². The van der Waals surface area contributed by atoms with Gasteiger partial charge in [-0.15, -0.1) is 0 Å². The summed E-state index contributed by atoms with van der Waals surface area (Å²) in [6.07, 6.45) is 0. The standard InChI is InChI=1S/C14H11FN2/c1-8-7-10(15)9(2)14-13(8)16-11-5-3-4-6-12(11)17-14/h3-7H,1-2H3. The molecular formula is C14H11FN2. The third-order valence-corrected chi connectivity index (χ3v) is 3.00. The van der Waals surface area contributed by atoms with Gasteiger partial charge in [0.25, 0.3) is 0 Å². The largest absolute Gasteiger partial charge is 0.244 e. The molecule has 3 rings (SSSR count). The first-order valence-electron chi connectivity index (χ1n) is 5.49. The van der Waals surface area contributed by atoms with Crippen LogP contribution in [0.5, 0.6) is 0 Å². The molecule has 0 aliphatic heterocycles. The Bertz CT molecular complexity index is 735. The maximum absolute atomic E-state index is 13.6. The molecule has 0 amide bonds. The first-order valence-corrected chi connectivity index (χ1v) is 5.49. The minimum absolute atomic E-state index is 0.223. The lowest BCUT2D eigenvalue weighted by atomic mass is 10.1. The molecule has 17 heavy (non-hydrogen) atoms. The zero-order chi connectivity index (χ0) is 12.0. The third kappa shape index (κ3) is 1.46. The zero-order valence-corrected chi connectivity index (χ0v) is 9.66. The normalized spacial score (nSPS) is 11.2. The molecule has 3 aromatic rings. The number of aromatic nitrogens is 2. The van der Waals surface area contributed by atoms with Crippen LogP contribution in [0.15, 0.2) is 30.3 Å². The summed E-state index contributed by atoms with van der Waals surface area (Å²) in [4.78, 5) is 9.05. The Kier molecular flexibility index (Phi) is 2.08. The van der Waals surface area contributed by atoms with Crippen molar-refractivity contribution in [2.24, 2.45) is 0 Å². The van der Waals surface area contributed by atoms with Crippen molar-refractivity contribution >= 4 is 22.1 Å². The molecule has 1 aromatic heterocycles. The van der Waals surface area contributed by atoms with Gasteiger partial charge in [-0.1, -0.05) is 12.1 Å². The monoisotopic (exact) mass is 226 g/mol. The summed E-state index contributed by atoms with van der Waals surface area (Å²) in [6, 6.07) is 9.15. The fraction of sp³-hybridized carbons (Fsp3) is 0.143. The molecule has 84 valence electrons. The molecule has 0 bridgehead atoms. The zero-order valence-electron chi connectivity index (χ0n) is 9.66. The molecule has 0 atom stereocenters. The number of nitrogens with zero attached hydrogens (tertiary/aromatic N) is 2. The van der Waals surface area contributed by atoms with Gasteiger partial charge in [0.2, 0.25) is 0 Å². The van der Waals surface area contributed by atoms with Crippen molar-refractivity contribution in [3.63, 3.8) is 0 Å². The van der Waals surface area contributed by atoms with E-state index in [1.54, 1.807) is 6.92 Å². The highest BCUT2D eigenvalue weighted by Crippen LogP contribution is 2.23. The number of halogens is 1. The topological polar surface area (TPSA) is 25.8 Å². The van der Waals surface area contributed by atoms with Crippen molar-refractivity contribution in [1.82, 2.24) is 9.97 Å². The molecule has 0 saturated carbocycles. The van der Waals surface area contributed by atoms with Gasteiger partial charge in [-0.3, -0.25) is 0 Å². The Morgan fingerprint density at radius 3 is 2.18 bits per heavy atom. The van der Waals surface area contributed by atoms with Gasteiger partial charge in [0.05, 0.1) is 22.1 Å². The van der Waals surface area contributed by atoms with Crippen LogP contribution in [0.1, 0.15) is 11.1 Å². The van der Waals surface area contributed by atoms with E-state index >= 15 is 0 Å². The molecule has 2 nitrogen and oxygen atoms in total. The smallest absolute Gasteiger partial charge is 0.128 e. The van der Waals surface area contributed by atoms with E-state index in [2.05, 4.69) is 9.97 Å². The number of hydrogen-bond donors (Lipinski definition) is 0. The van der Waals surface area contributed by atoms with Gasteiger partial charge in [-0.2, -0.15) is 0 Å². The number of rotatable bonds is 0. The number of fused-ring (bicyclic) bond motifs is 2. The summed E-state index contributed by atoms with van der Waals surface area (Å²) in [5.74, 6) is -0.223. The number of aryl methyl sites for hydroxylation is 2. The van der Waals surface area contributed by atoms with E-state index in [4.69, 9.17) is 0 Å². The van der Waals surface area contributed by atoms with E-state index in [9.17, 15) is 4.39 Å². The molecule has 0 saturated heterocycles. The van der Waals surface area contributed by atoms with Crippen molar-refractivity contribution in [3.8, 4) is 0 Å². The van der Waals surface area contributed by atoms with Gasteiger partial charge in [-0.25, -0.2) is 14.4 Å². The highest BCUT2D eigenvalue weighted by atomic mass is 19.1. The molecule has 2 aromatic carbocycles. The van der Waals surface area contributed by atoms with Crippen LogP contribution in [0.4, 0.5) is 4.39 Å². The van der Waals surface area contributed by atoms with Gasteiger partial charge in [0.15, 0.2) is 0 Å². The van der Waals surface area contributed by atoms with Crippen LogP contribution in [0.25, 0.3) is 22.1 Å². The second-order valence-electron chi connectivity index (χ2n) is 4.21. The number of benzene rings is 2. The Morgan fingerprint density at radius 2 is 1.53 bits per heavy atom. The maximum Gasteiger partial charge on any atom is 0.128 e. The second-order valence-corrected chi connectivity index (χ2v) is 4.21. The molecule has 0 radical (unpaired) electrons. The quantitative estimate of drug-likeness (QED) is 0.548. The second kappa shape index (κ2) is 3.48. The summed E-state index contributed by atoms with van der Waals surface area (Å²) < 4.78 is 13.6. The molecule has 0 spiro atoms. The molecular weight excluding hydrogens is 215 g/mol. The Hall–Kier alpha value is -2.03. The Balaban J connectivity index is 2.56. The van der Waals surface area contributed by atoms with E-state index in [1.165, 1.54) is 6.07 Å². The highest BCUT2D eigenvalue weighted by Gasteiger charge is 2.10. The van der Waals surface area contributed by atoms with Crippen molar-refractivity contribution in [2.75, 3.05) is 0 Å². The lowest BCUT2D eigenvalue weighted by Gasteiger charge is -2.07. The molecule has 3 heteroatoms. The Morgan fingerprint density at radius 1 is 0.941 bits per heavy atom. The molecule has 0 N–H and O–H groups in total. The van der Waals surface area contributed by atoms with Crippen molar-refractivity contribution in [1.29, 1.82) is 0 Å². The van der Waals surface area contributed by atoms with Crippen LogP contribution in [0.3, 0.4) is 0 Å². The fourth-order valence-electron chi connectivity index (χ4n) is 2.02. The summed E-state index contributed by atoms with van der Waals surface area (Å²) in [5, 5.41) is 0. The van der Waals surface area contributed by atoms with Crippen molar-refractivity contribution < 1.29 is 4.39 Å². The lowest BCUT2D eigenvalue weighted by Crippen LogP contribution is -1.95. The third-order valence-electron chi connectivity index (χ3n) is 3.00. The average Bonchev–Trinajstić information content (AvgIpc) is 2.34. The summed E-state index contributed by atoms with van der Waals surface area (Å²) in [6.45, 7) is 3.59. The van der Waals surface area contributed by atoms with Crippen LogP contribution in [0.2, 0.25) is 0 Å². The Labute approximate surface area is 98.1 Å². The van der Waals surface area contributed by atoms with E-state index in [0.717, 1.165) is 22.1 Å². The molecule has 1 heterocycles. The lowest BCUT2D eigenvalue weighted by molar-refractivity contribution is 0.619. The summed E-state index contributed by atoms with van der Waals surface area (Å²) >= 11 is 0. The maximum atomic E-state index is 13.6. The summed E-state index contributed by atoms with van der Waals surface area (Å²) in [5.41, 5.74) is 4.45. The van der Waals surface area contributed by atoms with Crippen LogP contribution in [-0.2, 0) is 0 Å². The van der Waals surface area contributed by atoms with Crippen LogP contribution >= 0.6 is 0 Å². The van der Waals surface area contributed by atoms with Crippen LogP contribution in [-0.4, -0.2) is 9.97 Å². The number of hydrogen-bond acceptors (Lipinski definition) is 2. The molecule has 0 aliphatic carbocycles. The SMILES string of the molecule is Cc1cc(F)c(C)c2nc3ccccc3nc12. The van der Waals surface area contributed by atoms with E-state index in [1.807, 2.05) is 31.2 Å². The predicted octanol–water partition coefficient (Wildman–Crippen LogP) is 3.54. The van der Waals surface area contributed by atoms with E-state index in [-0.39, 0.29) is 5.82 Å². The van der Waals surface area contributed by atoms with E-state index < -0.39 is 0 Å². The first kappa shape index (κ1) is 10.1. The molecule has 0 aliphatic rings. The minimum Gasteiger partial charge on any atom is -0.244 e. The highest BCUT2D eigenvalue weighted by molar-refractivity contribution is 5.89. The van der Waals surface area contributed by atoms with Crippen LogP contribution < -0.4 is 0 Å². The molecule has 0 unspecified atom stereocenters. The summed E-state index contributed by atoms with van der Waals surface area (Å²) in [7, 11) is 0. The molecule has 0 fully saturated rings. The van der Waals surface area contributed by atoms with Crippen LogP contribution in [0, 0.1) is 19.7 Å². The number of para-hydroxylation sites is 2. The average molecular weight is 226 g/mol. The van der Waals surface area contributed by atoms with Gasteiger partial charge in [0.1, 0.15) is 5.82 Å². The minimum atomic E-state index is -0.223. The van der Waals surface area contributed by atoms with Crippen molar-refractivity contribution in [3.05, 3.63) is 47.3 Å². The van der Waals surface area contributed by atoms with Gasteiger partial charge >= 0.3 is 0 Å².